The van der Waals surface area contributed by atoms with Crippen molar-refractivity contribution in [3.63, 3.8) is 0 Å². The molecule has 0 atom stereocenters. The molecule has 0 bridgehead atoms. The van der Waals surface area contributed by atoms with Crippen molar-refractivity contribution in [2.45, 2.75) is 39.5 Å². The van der Waals surface area contributed by atoms with Crippen molar-refractivity contribution in [3.8, 4) is 0 Å². The molecule has 0 aromatic carbocycles. The van der Waals surface area contributed by atoms with Crippen LogP contribution in [0.25, 0.3) is 0 Å². The van der Waals surface area contributed by atoms with Crippen LogP contribution in [0.4, 0.5) is 0 Å². The van der Waals surface area contributed by atoms with Crippen molar-refractivity contribution in [1.82, 2.24) is 10.7 Å². The summed E-state index contributed by atoms with van der Waals surface area (Å²) in [5.74, 6) is -10.9. The van der Waals surface area contributed by atoms with Crippen LogP contribution in [-0.2, 0) is 19.2 Å². The van der Waals surface area contributed by atoms with Gasteiger partial charge < -0.3 is 46.1 Å². The molecule has 0 aromatic heterocycles. The summed E-state index contributed by atoms with van der Waals surface area (Å²) in [7, 11) is 0. The van der Waals surface area contributed by atoms with Gasteiger partial charge in [-0.05, 0) is 5.23 Å². The quantitative estimate of drug-likeness (QED) is 0.159. The zero-order chi connectivity index (χ0) is 23.6. The van der Waals surface area contributed by atoms with Gasteiger partial charge in [-0.25, -0.2) is 0 Å². The maximum Gasteiger partial charge on any atom is 0.345 e. The zero-order valence-electron chi connectivity index (χ0n) is 14.5. The number of carboxylic acids is 4. The summed E-state index contributed by atoms with van der Waals surface area (Å²) < 4.78 is 0. The fourth-order valence-electron chi connectivity index (χ4n) is 0.214. The Morgan fingerprint density at radius 1 is 0.667 bits per heavy atom. The first-order valence-electron chi connectivity index (χ1n) is 5.95. The van der Waals surface area contributed by atoms with Gasteiger partial charge in [0, 0.05) is 27.7 Å². The number of carboxylic acid groups (broad SMARTS) is 4. The summed E-state index contributed by atoms with van der Waals surface area (Å²) >= 11 is 0. The predicted molar refractivity (Wildman–Crippen MR) is 77.9 cm³/mol. The van der Waals surface area contributed by atoms with Gasteiger partial charge in [0.05, 0.1) is 0 Å². The maximum absolute atomic E-state index is 9.00. The van der Waals surface area contributed by atoms with E-state index in [-0.39, 0.29) is 0 Å². The lowest BCUT2D eigenvalue weighted by Crippen LogP contribution is -2.68. The fourth-order valence-corrected chi connectivity index (χ4v) is 0.214. The van der Waals surface area contributed by atoms with E-state index in [0.717, 1.165) is 27.7 Å². The molecule has 17 nitrogen and oxygen atoms in total. The van der Waals surface area contributed by atoms with Crippen LogP contribution in [0.15, 0.2) is 0 Å². The predicted octanol–water partition coefficient (Wildman–Crippen LogP) is -3.31. The Bertz CT molecular complexity index is 370. The lowest BCUT2D eigenvalue weighted by Gasteiger charge is -2.33. The van der Waals surface area contributed by atoms with E-state index in [4.69, 9.17) is 75.7 Å². The van der Waals surface area contributed by atoms with Gasteiger partial charge >= 0.3 is 11.8 Å². The van der Waals surface area contributed by atoms with Crippen molar-refractivity contribution in [3.05, 3.63) is 0 Å². The fraction of sp³-hybridized carbons (Fsp3) is 0.600. The first-order chi connectivity index (χ1) is 11.7. The van der Waals surface area contributed by atoms with E-state index >= 15 is 0 Å². The molecule has 0 unspecified atom stereocenters. The Kier molecular flexibility index (Phi) is 24.1. The van der Waals surface area contributed by atoms with Crippen LogP contribution in [0.5, 0.6) is 0 Å². The highest BCUT2D eigenvalue weighted by molar-refractivity contribution is 5.63. The highest BCUT2D eigenvalue weighted by atomic mass is 16.9. The third-order valence-electron chi connectivity index (χ3n) is 0.902. The molecule has 0 spiro atoms. The average molecular weight is 412 g/mol. The Morgan fingerprint density at radius 2 is 0.815 bits per heavy atom. The monoisotopic (exact) mass is 412 g/mol. The SMILES string of the molecule is CC(=O)O.CC(=O)O.CC(=O)O.CC(=O)O.ONC(O)(O)C(O)(O)N(O)O. The Labute approximate surface area is 151 Å². The second kappa shape index (κ2) is 18.3. The van der Waals surface area contributed by atoms with E-state index in [9.17, 15) is 0 Å². The van der Waals surface area contributed by atoms with Gasteiger partial charge in [0.1, 0.15) is 0 Å². The number of hydrogen-bond acceptors (Lipinski definition) is 13. The number of aliphatic carboxylic acids is 4. The van der Waals surface area contributed by atoms with Crippen LogP contribution in [0.2, 0.25) is 0 Å². The van der Waals surface area contributed by atoms with E-state index in [1.807, 2.05) is 0 Å². The minimum atomic E-state index is -3.86. The molecule has 0 radical (unpaired) electrons. The molecule has 0 aliphatic rings. The van der Waals surface area contributed by atoms with E-state index in [2.05, 4.69) is 0 Å². The summed E-state index contributed by atoms with van der Waals surface area (Å²) in [6.45, 7) is 4.33. The van der Waals surface area contributed by atoms with Crippen molar-refractivity contribution in [1.29, 1.82) is 0 Å². The lowest BCUT2D eigenvalue weighted by molar-refractivity contribution is -0.549. The molecule has 0 amide bonds. The van der Waals surface area contributed by atoms with Gasteiger partial charge in [-0.1, -0.05) is 0 Å². The van der Waals surface area contributed by atoms with Crippen LogP contribution in [0.3, 0.4) is 0 Å². The molecule has 0 saturated heterocycles. The summed E-state index contributed by atoms with van der Waals surface area (Å²) in [4.78, 5) is 36.0. The average Bonchev–Trinajstić information content (AvgIpc) is 2.35. The summed E-state index contributed by atoms with van der Waals surface area (Å²) in [6, 6.07) is 0. The molecule has 17 heteroatoms. The minimum Gasteiger partial charge on any atom is -0.481 e. The third-order valence-corrected chi connectivity index (χ3v) is 0.902. The first-order valence-corrected chi connectivity index (χ1v) is 5.95. The third kappa shape index (κ3) is 45.2. The molecular formula is C10H24N2O15. The number of rotatable bonds is 3. The molecule has 0 heterocycles. The Hall–Kier alpha value is -2.48. The van der Waals surface area contributed by atoms with E-state index in [1.165, 1.54) is 0 Å². The van der Waals surface area contributed by atoms with Gasteiger partial charge in [0.2, 0.25) is 0 Å². The largest absolute Gasteiger partial charge is 0.481 e. The summed E-state index contributed by atoms with van der Waals surface area (Å²) in [5, 5.41) is 85.6. The molecule has 12 N–H and O–H groups in total. The number of nitrogens with one attached hydrogen (secondary N) is 1. The summed E-state index contributed by atoms with van der Waals surface area (Å²) in [5.41, 5.74) is 0.612. The molecule has 0 fully saturated rings. The van der Waals surface area contributed by atoms with Gasteiger partial charge in [0.15, 0.2) is 0 Å². The molecular weight excluding hydrogens is 388 g/mol. The summed E-state index contributed by atoms with van der Waals surface area (Å²) in [6.07, 6.45) is 0. The van der Waals surface area contributed by atoms with Crippen LogP contribution in [0.1, 0.15) is 27.7 Å². The topological polar surface area (TPSA) is 306 Å². The molecule has 0 aliphatic carbocycles. The normalized spacial score (nSPS) is 9.48. The molecule has 164 valence electrons. The Morgan fingerprint density at radius 3 is 0.852 bits per heavy atom. The zero-order valence-corrected chi connectivity index (χ0v) is 14.5. The number of carbonyl (C=O) groups is 4. The van der Waals surface area contributed by atoms with Crippen LogP contribution < -0.4 is 5.48 Å². The maximum atomic E-state index is 9.00. The standard InChI is InChI=1S/C2H8N2O7.4C2H4O2/c5-1(6,3-9)2(7,8)4(10)11;4*1-2(3)4/h3,5-11H;4*1H3,(H,3,4). The second-order valence-electron chi connectivity index (χ2n) is 3.78. The van der Waals surface area contributed by atoms with Crippen molar-refractivity contribution in [2.75, 3.05) is 0 Å². The molecule has 0 saturated carbocycles. The second-order valence-corrected chi connectivity index (χ2v) is 3.78. The molecule has 0 aromatic rings. The Balaban J connectivity index is -0.0000000841. The van der Waals surface area contributed by atoms with Crippen LogP contribution in [0, 0.1) is 0 Å². The van der Waals surface area contributed by atoms with Crippen LogP contribution in [-0.4, -0.2) is 97.4 Å². The van der Waals surface area contributed by atoms with Gasteiger partial charge in [-0.3, -0.25) is 29.6 Å². The number of hydrogen-bond donors (Lipinski definition) is 12. The molecule has 0 rings (SSSR count). The highest BCUT2D eigenvalue weighted by Crippen LogP contribution is 2.14. The number of hydroxylamine groups is 3. The van der Waals surface area contributed by atoms with Gasteiger partial charge in [-0.15, -0.1) is 5.48 Å². The number of nitrogens with zero attached hydrogens (tertiary/aromatic N) is 1. The van der Waals surface area contributed by atoms with E-state index < -0.39 is 40.9 Å². The van der Waals surface area contributed by atoms with Crippen molar-refractivity contribution in [2.24, 2.45) is 0 Å². The van der Waals surface area contributed by atoms with E-state index in [0.29, 0.717) is 5.48 Å². The first kappa shape index (κ1) is 35.6. The highest BCUT2D eigenvalue weighted by Gasteiger charge is 2.53. The number of aliphatic hydroxyl groups is 4. The van der Waals surface area contributed by atoms with Crippen molar-refractivity contribution >= 4 is 23.9 Å². The smallest absolute Gasteiger partial charge is 0.345 e. The van der Waals surface area contributed by atoms with Gasteiger partial charge in [-0.2, -0.15) is 0 Å². The van der Waals surface area contributed by atoms with Gasteiger partial charge in [0.25, 0.3) is 23.9 Å². The van der Waals surface area contributed by atoms with Crippen LogP contribution >= 0.6 is 0 Å². The van der Waals surface area contributed by atoms with Crippen molar-refractivity contribution < 1.29 is 75.7 Å². The minimum absolute atomic E-state index is 0.612. The molecule has 27 heavy (non-hydrogen) atoms. The lowest BCUT2D eigenvalue weighted by atomic mass is 10.4. The molecule has 0 aliphatic heterocycles. The van der Waals surface area contributed by atoms with E-state index in [1.54, 1.807) is 0 Å².